The number of anilines is 1. The highest BCUT2D eigenvalue weighted by Gasteiger charge is 2.54. The molecule has 0 aliphatic carbocycles. The first-order chi connectivity index (χ1) is 17.2. The van der Waals surface area contributed by atoms with E-state index in [1.54, 1.807) is 12.4 Å². The molecule has 1 aliphatic heterocycles. The molecule has 1 aliphatic rings. The van der Waals surface area contributed by atoms with Crippen molar-refractivity contribution in [3.05, 3.63) is 24.0 Å². The van der Waals surface area contributed by atoms with Crippen molar-refractivity contribution >= 4 is 33.9 Å². The maximum absolute atomic E-state index is 7.53. The van der Waals surface area contributed by atoms with Gasteiger partial charge in [0, 0.05) is 18.2 Å². The summed E-state index contributed by atoms with van der Waals surface area (Å²) in [5.41, 5.74) is 10.8. The Balaban J connectivity index is 2.67. The van der Waals surface area contributed by atoms with Gasteiger partial charge in [-0.15, -0.1) is 11.6 Å². The minimum absolute atomic E-state index is 0.114. The molecule has 4 unspecified atom stereocenters. The Morgan fingerprint density at radius 3 is 1.73 bits per heavy atom. The molecule has 0 bridgehead atoms. The number of ether oxygens (including phenoxy) is 1. The molecule has 0 aromatic carbocycles. The minimum atomic E-state index is -2.22. The van der Waals surface area contributed by atoms with Crippen LogP contribution in [0.2, 0.25) is 33.2 Å². The first-order valence-electron chi connectivity index (χ1n) is 14.4. The van der Waals surface area contributed by atoms with Crippen molar-refractivity contribution in [1.82, 2.24) is 4.98 Å². The number of hydrogen-bond donors (Lipinski definition) is 1. The van der Waals surface area contributed by atoms with Gasteiger partial charge in [0.1, 0.15) is 0 Å². The van der Waals surface area contributed by atoms with E-state index in [0.29, 0.717) is 51.2 Å². The van der Waals surface area contributed by atoms with Gasteiger partial charge in [0.15, 0.2) is 0 Å². The second kappa shape index (κ2) is 13.3. The van der Waals surface area contributed by atoms with E-state index in [2.05, 4.69) is 88.1 Å². The van der Waals surface area contributed by atoms with E-state index in [1.165, 1.54) is 0 Å². The van der Waals surface area contributed by atoms with Crippen molar-refractivity contribution in [3.8, 4) is 0 Å². The molecule has 2 rings (SSSR count). The zero-order valence-electron chi connectivity index (χ0n) is 25.5. The summed E-state index contributed by atoms with van der Waals surface area (Å²) in [7, 11) is -4.43. The van der Waals surface area contributed by atoms with Crippen LogP contribution in [0.15, 0.2) is 18.5 Å². The van der Waals surface area contributed by atoms with Crippen LogP contribution in [0.5, 0.6) is 0 Å². The van der Waals surface area contributed by atoms with Crippen LogP contribution in [0.25, 0.3) is 0 Å². The van der Waals surface area contributed by atoms with Crippen LogP contribution in [0.1, 0.15) is 101 Å². The van der Waals surface area contributed by atoms with Crippen LogP contribution >= 0.6 is 11.6 Å². The Hall–Kier alpha value is -0.446. The molecule has 5 nitrogen and oxygen atoms in total. The predicted octanol–water partition coefficient (Wildman–Crippen LogP) is 8.85. The molecule has 4 atom stereocenters. The molecule has 0 amide bonds. The molecule has 1 fully saturated rings. The average Bonchev–Trinajstić information content (AvgIpc) is 2.79. The minimum Gasteiger partial charge on any atom is -0.410 e. The number of pyridine rings is 1. The molecule has 0 saturated carbocycles. The smallest absolute Gasteiger partial charge is 0.201 e. The van der Waals surface area contributed by atoms with Gasteiger partial charge in [-0.25, -0.2) is 0 Å². The maximum atomic E-state index is 7.53. The van der Waals surface area contributed by atoms with Crippen LogP contribution in [-0.2, 0) is 13.6 Å². The lowest BCUT2D eigenvalue weighted by molar-refractivity contribution is -0.153. The summed E-state index contributed by atoms with van der Waals surface area (Å²) in [5.74, 6) is 0.352. The number of alkyl halides is 1. The van der Waals surface area contributed by atoms with Crippen molar-refractivity contribution in [2.45, 2.75) is 147 Å². The summed E-state index contributed by atoms with van der Waals surface area (Å²) in [6, 6.07) is 1.97. The molecule has 1 aromatic rings. The number of halogens is 1. The fraction of sp³-hybridized carbons (Fsp3) is 0.828. The van der Waals surface area contributed by atoms with Crippen molar-refractivity contribution in [1.29, 1.82) is 0 Å². The van der Waals surface area contributed by atoms with E-state index in [1.807, 2.05) is 6.07 Å². The summed E-state index contributed by atoms with van der Waals surface area (Å²) in [5, 5.41) is 0. The first-order valence-corrected chi connectivity index (χ1v) is 19.2. The van der Waals surface area contributed by atoms with E-state index >= 15 is 0 Å². The lowest BCUT2D eigenvalue weighted by Crippen LogP contribution is -2.61. The van der Waals surface area contributed by atoms with Crippen LogP contribution < -0.4 is 5.73 Å². The van der Waals surface area contributed by atoms with E-state index in [-0.39, 0.29) is 24.4 Å². The summed E-state index contributed by atoms with van der Waals surface area (Å²) < 4.78 is 21.7. The highest BCUT2D eigenvalue weighted by molar-refractivity contribution is 6.78. The molecule has 37 heavy (non-hydrogen) atoms. The number of nitrogen functional groups attached to an aromatic ring is 1. The maximum Gasteiger partial charge on any atom is 0.201 e. The Morgan fingerprint density at radius 1 is 0.865 bits per heavy atom. The van der Waals surface area contributed by atoms with Gasteiger partial charge in [-0.05, 0) is 39.3 Å². The molecular weight excluding hydrogens is 516 g/mol. The van der Waals surface area contributed by atoms with E-state index in [9.17, 15) is 0 Å². The quantitative estimate of drug-likeness (QED) is 0.201. The third-order valence-electron chi connectivity index (χ3n) is 9.01. The predicted molar refractivity (Wildman–Crippen MR) is 163 cm³/mol. The van der Waals surface area contributed by atoms with Crippen LogP contribution in [-0.4, -0.2) is 45.8 Å². The van der Waals surface area contributed by atoms with E-state index in [0.717, 1.165) is 5.56 Å². The number of aromatic nitrogens is 1. The standard InChI is InChI=1S/C29H55ClN2O3Si2/c1-18(2)36(19(3)4,20(5)6)34-27-15-26(24-13-14-32-17-25(24)31)33-28(16-30)29(27)35-37(21(7)8,22(9)10)23(11)12/h13-14,17-23,26-29H,15-16,31H2,1-12H3. The largest absolute Gasteiger partial charge is 0.410 e. The van der Waals surface area contributed by atoms with Gasteiger partial charge in [-0.3, -0.25) is 4.98 Å². The third-order valence-corrected chi connectivity index (χ3v) is 21.5. The normalized spacial score (nSPS) is 23.9. The Bertz CT molecular complexity index is 807. The van der Waals surface area contributed by atoms with E-state index in [4.69, 9.17) is 30.9 Å². The Kier molecular flexibility index (Phi) is 11.8. The third kappa shape index (κ3) is 6.49. The second-order valence-electron chi connectivity index (χ2n) is 12.9. The van der Waals surface area contributed by atoms with Gasteiger partial charge in [0.25, 0.3) is 0 Å². The molecule has 2 heterocycles. The monoisotopic (exact) mass is 570 g/mol. The number of nitrogens with two attached hydrogens (primary N) is 1. The van der Waals surface area contributed by atoms with Gasteiger partial charge in [0.2, 0.25) is 16.6 Å². The number of rotatable bonds is 12. The van der Waals surface area contributed by atoms with Crippen LogP contribution in [0.4, 0.5) is 5.69 Å². The van der Waals surface area contributed by atoms with Gasteiger partial charge in [-0.2, -0.15) is 0 Å². The number of nitrogens with zero attached hydrogens (tertiary/aromatic N) is 1. The van der Waals surface area contributed by atoms with Crippen molar-refractivity contribution in [2.75, 3.05) is 11.6 Å². The number of hydrogen-bond acceptors (Lipinski definition) is 5. The first kappa shape index (κ1) is 32.8. The molecule has 8 heteroatoms. The van der Waals surface area contributed by atoms with Crippen molar-refractivity contribution in [3.63, 3.8) is 0 Å². The second-order valence-corrected chi connectivity index (χ2v) is 24.1. The lowest BCUT2D eigenvalue weighted by atomic mass is 9.94. The Labute approximate surface area is 234 Å². The molecule has 0 spiro atoms. The SMILES string of the molecule is CC(C)[Si](OC1CC(c2ccncc2N)OC(CCl)C1O[Si](C(C)C)(C(C)C)C(C)C)(C(C)C)C(C)C. The lowest BCUT2D eigenvalue weighted by Gasteiger charge is -2.53. The van der Waals surface area contributed by atoms with Gasteiger partial charge in [0.05, 0.1) is 42.2 Å². The van der Waals surface area contributed by atoms with Gasteiger partial charge < -0.3 is 19.3 Å². The summed E-state index contributed by atoms with van der Waals surface area (Å²) in [4.78, 5) is 4.20. The fourth-order valence-corrected chi connectivity index (χ4v) is 19.0. The topological polar surface area (TPSA) is 66.6 Å². The fourth-order valence-electron chi connectivity index (χ4n) is 7.54. The zero-order chi connectivity index (χ0) is 28.3. The summed E-state index contributed by atoms with van der Waals surface area (Å²) >= 11 is 6.68. The van der Waals surface area contributed by atoms with Crippen molar-refractivity contribution in [2.24, 2.45) is 0 Å². The molecule has 1 aromatic heterocycles. The van der Waals surface area contributed by atoms with Crippen LogP contribution in [0.3, 0.4) is 0 Å². The molecule has 1 saturated heterocycles. The molecular formula is C29H55ClN2O3Si2. The van der Waals surface area contributed by atoms with Gasteiger partial charge in [-0.1, -0.05) is 83.1 Å². The van der Waals surface area contributed by atoms with Gasteiger partial charge >= 0.3 is 0 Å². The molecule has 0 radical (unpaired) electrons. The zero-order valence-corrected chi connectivity index (χ0v) is 28.3. The summed E-state index contributed by atoms with van der Waals surface area (Å²) in [6.45, 7) is 28.0. The molecule has 214 valence electrons. The van der Waals surface area contributed by atoms with E-state index < -0.39 is 16.6 Å². The highest BCUT2D eigenvalue weighted by atomic mass is 35.5. The Morgan fingerprint density at radius 2 is 1.32 bits per heavy atom. The summed E-state index contributed by atoms with van der Waals surface area (Å²) in [6.07, 6.45) is 3.38. The van der Waals surface area contributed by atoms with Crippen LogP contribution in [0, 0.1) is 0 Å². The average molecular weight is 571 g/mol. The molecule has 2 N–H and O–H groups in total. The highest BCUT2D eigenvalue weighted by Crippen LogP contribution is 2.49. The van der Waals surface area contributed by atoms with Crippen molar-refractivity contribution < 1.29 is 13.6 Å².